The summed E-state index contributed by atoms with van der Waals surface area (Å²) in [5.41, 5.74) is -0.526. The molecule has 2 aromatic carbocycles. The number of β-amino-alcohol motifs (C(OH)–C–C–N with tert-alkyl or cyclic N) is 1. The number of phenolic OH excluding ortho intramolecular Hbond substituents is 1. The predicted octanol–water partition coefficient (Wildman–Crippen LogP) is 1.51. The smallest absolute Gasteiger partial charge is 0.416 e. The van der Waals surface area contributed by atoms with Gasteiger partial charge in [-0.15, -0.1) is 0 Å². The number of alkyl halides is 3. The summed E-state index contributed by atoms with van der Waals surface area (Å²) < 4.78 is 39.7. The molecule has 2 aromatic rings. The number of guanidine groups is 1. The topological polar surface area (TPSA) is 172 Å². The first-order chi connectivity index (χ1) is 17.8. The second kappa shape index (κ2) is 11.8. The van der Waals surface area contributed by atoms with Crippen LogP contribution in [0.2, 0.25) is 0 Å². The van der Waals surface area contributed by atoms with Crippen molar-refractivity contribution in [2.45, 2.75) is 31.7 Å². The van der Waals surface area contributed by atoms with Crippen molar-refractivity contribution in [1.29, 1.82) is 0 Å². The molecule has 1 unspecified atom stereocenters. The lowest BCUT2D eigenvalue weighted by Gasteiger charge is -2.20. The zero-order valence-electron chi connectivity index (χ0n) is 20.1. The number of aliphatic hydroxyl groups excluding tert-OH is 1. The van der Waals surface area contributed by atoms with Crippen LogP contribution < -0.4 is 21.3 Å². The maximum Gasteiger partial charge on any atom is 0.416 e. The van der Waals surface area contributed by atoms with Gasteiger partial charge in [0.1, 0.15) is 5.75 Å². The highest BCUT2D eigenvalue weighted by atomic mass is 19.4. The Morgan fingerprint density at radius 2 is 1.89 bits per heavy atom. The number of carboxylic acid groups (broad SMARTS) is 1. The summed E-state index contributed by atoms with van der Waals surface area (Å²) in [6.45, 7) is 1.23. The SMILES string of the molecule is Cc1cc([C@H](CC(=O)O)NC(=O)CNC(=O)c2cc(O)cc(NC3=NCC(O)CN3)c2)cc(C(F)(F)F)c1. The number of nitrogens with one attached hydrogen (secondary N) is 4. The molecule has 14 heteroatoms. The van der Waals surface area contributed by atoms with Crippen molar-refractivity contribution < 1.29 is 42.9 Å². The molecule has 0 radical (unpaired) electrons. The Morgan fingerprint density at radius 1 is 1.16 bits per heavy atom. The zero-order chi connectivity index (χ0) is 28.0. The number of rotatable bonds is 8. The summed E-state index contributed by atoms with van der Waals surface area (Å²) in [5.74, 6) is -2.88. The molecule has 0 bridgehead atoms. The quantitative estimate of drug-likeness (QED) is 0.266. The van der Waals surface area contributed by atoms with Gasteiger partial charge in [0.15, 0.2) is 5.96 Å². The van der Waals surface area contributed by atoms with Crippen molar-refractivity contribution in [3.8, 4) is 5.75 Å². The number of aliphatic carboxylic acids is 1. The van der Waals surface area contributed by atoms with Gasteiger partial charge in [0.05, 0.1) is 37.2 Å². The molecule has 1 aliphatic heterocycles. The van der Waals surface area contributed by atoms with Crippen molar-refractivity contribution in [3.05, 3.63) is 58.7 Å². The lowest BCUT2D eigenvalue weighted by Crippen LogP contribution is -2.42. The fourth-order valence-electron chi connectivity index (χ4n) is 3.68. The first-order valence-electron chi connectivity index (χ1n) is 11.4. The molecule has 0 saturated carbocycles. The average molecular weight is 537 g/mol. The van der Waals surface area contributed by atoms with Gasteiger partial charge in [-0.1, -0.05) is 11.6 Å². The fourth-order valence-corrected chi connectivity index (χ4v) is 3.68. The highest BCUT2D eigenvalue weighted by Gasteiger charge is 2.32. The third-order valence-corrected chi connectivity index (χ3v) is 5.36. The van der Waals surface area contributed by atoms with Gasteiger partial charge in [-0.2, -0.15) is 13.2 Å². The Bertz CT molecular complexity index is 1250. The van der Waals surface area contributed by atoms with E-state index in [2.05, 4.69) is 26.3 Å². The molecule has 204 valence electrons. The molecule has 0 aromatic heterocycles. The van der Waals surface area contributed by atoms with Gasteiger partial charge in [-0.3, -0.25) is 19.4 Å². The maximum atomic E-state index is 13.2. The third-order valence-electron chi connectivity index (χ3n) is 5.36. The summed E-state index contributed by atoms with van der Waals surface area (Å²) in [7, 11) is 0. The Hall–Kier alpha value is -4.33. The number of carbonyl (C=O) groups is 3. The van der Waals surface area contributed by atoms with Crippen molar-refractivity contribution in [3.63, 3.8) is 0 Å². The van der Waals surface area contributed by atoms with Crippen molar-refractivity contribution in [1.82, 2.24) is 16.0 Å². The maximum absolute atomic E-state index is 13.2. The monoisotopic (exact) mass is 537 g/mol. The van der Waals surface area contributed by atoms with Gasteiger partial charge in [0.2, 0.25) is 5.91 Å². The molecule has 11 nitrogen and oxygen atoms in total. The Labute approximate surface area is 214 Å². The number of hydrogen-bond donors (Lipinski definition) is 7. The van der Waals surface area contributed by atoms with E-state index in [1.165, 1.54) is 25.1 Å². The van der Waals surface area contributed by atoms with Crippen LogP contribution in [0.1, 0.15) is 39.5 Å². The van der Waals surface area contributed by atoms with Gasteiger partial charge in [-0.05, 0) is 36.8 Å². The van der Waals surface area contributed by atoms with Crippen LogP contribution in [0, 0.1) is 6.92 Å². The van der Waals surface area contributed by atoms with Gasteiger partial charge >= 0.3 is 12.1 Å². The molecule has 1 heterocycles. The summed E-state index contributed by atoms with van der Waals surface area (Å²) in [5, 5.41) is 39.0. The van der Waals surface area contributed by atoms with Crippen LogP contribution in [0.25, 0.3) is 0 Å². The normalized spacial score (nSPS) is 16.0. The number of carboxylic acids is 1. The van der Waals surface area contributed by atoms with Crippen LogP contribution >= 0.6 is 0 Å². The average Bonchev–Trinajstić information content (AvgIpc) is 2.82. The number of aromatic hydroxyl groups is 1. The van der Waals surface area contributed by atoms with Gasteiger partial charge in [-0.25, -0.2) is 0 Å². The van der Waals surface area contributed by atoms with E-state index in [1.54, 1.807) is 0 Å². The van der Waals surface area contributed by atoms with Crippen molar-refractivity contribution >= 4 is 29.4 Å². The minimum Gasteiger partial charge on any atom is -0.508 e. The number of halogens is 3. The number of amides is 2. The fraction of sp³-hybridized carbons (Fsp3) is 0.333. The lowest BCUT2D eigenvalue weighted by atomic mass is 9.98. The molecule has 2 atom stereocenters. The van der Waals surface area contributed by atoms with Gasteiger partial charge in [0.25, 0.3) is 5.91 Å². The number of benzene rings is 2. The number of nitrogens with zero attached hydrogens (tertiary/aromatic N) is 1. The van der Waals surface area contributed by atoms with Crippen molar-refractivity contribution in [2.75, 3.05) is 25.0 Å². The molecule has 0 saturated heterocycles. The van der Waals surface area contributed by atoms with Crippen LogP contribution in [0.3, 0.4) is 0 Å². The lowest BCUT2D eigenvalue weighted by molar-refractivity contribution is -0.138. The molecule has 0 spiro atoms. The Balaban J connectivity index is 1.67. The number of aryl methyl sites for hydroxylation is 1. The summed E-state index contributed by atoms with van der Waals surface area (Å²) >= 11 is 0. The van der Waals surface area contributed by atoms with Crippen LogP contribution in [-0.2, 0) is 15.8 Å². The van der Waals surface area contributed by atoms with Crippen LogP contribution in [0.5, 0.6) is 5.75 Å². The van der Waals surface area contributed by atoms with Crippen LogP contribution in [0.15, 0.2) is 41.4 Å². The molecule has 7 N–H and O–H groups in total. The van der Waals surface area contributed by atoms with E-state index < -0.39 is 54.6 Å². The number of phenols is 1. The number of hydrogen-bond acceptors (Lipinski definition) is 8. The summed E-state index contributed by atoms with van der Waals surface area (Å²) in [4.78, 5) is 40.5. The molecule has 1 aliphatic rings. The summed E-state index contributed by atoms with van der Waals surface area (Å²) in [6.07, 6.45) is -5.98. The van der Waals surface area contributed by atoms with Crippen LogP contribution in [-0.4, -0.2) is 64.8 Å². The van der Waals surface area contributed by atoms with E-state index in [9.17, 15) is 42.9 Å². The Kier molecular flexibility index (Phi) is 8.78. The van der Waals surface area contributed by atoms with E-state index >= 15 is 0 Å². The van der Waals surface area contributed by atoms with Crippen LogP contribution in [0.4, 0.5) is 18.9 Å². The molecule has 0 aliphatic carbocycles. The number of aliphatic imine (C=N–C) groups is 1. The standard InChI is InChI=1S/C24H26F3N5O6/c1-12-2-13(4-15(3-12)24(25,26)27)19(8-21(36)37)32-20(35)11-28-22(38)14-5-16(7-17(33)6-14)31-23-29-9-18(34)10-30-23/h2-7,18-19,33-34H,8-11H2,1H3,(H,28,38)(H,32,35)(H,36,37)(H2,29,30,31)/t19-/m0/s1. The minimum atomic E-state index is -4.66. The molecule has 38 heavy (non-hydrogen) atoms. The minimum absolute atomic E-state index is 0.0210. The Morgan fingerprint density at radius 3 is 2.53 bits per heavy atom. The number of carbonyl (C=O) groups excluding carboxylic acids is 2. The zero-order valence-corrected chi connectivity index (χ0v) is 20.1. The number of anilines is 1. The molecule has 3 rings (SSSR count). The van der Waals surface area contributed by atoms with E-state index in [1.807, 2.05) is 0 Å². The highest BCUT2D eigenvalue weighted by Crippen LogP contribution is 2.32. The molecular formula is C24H26F3N5O6. The number of aliphatic hydroxyl groups is 1. The van der Waals surface area contributed by atoms with Crippen molar-refractivity contribution in [2.24, 2.45) is 4.99 Å². The van der Waals surface area contributed by atoms with Gasteiger partial charge in [0, 0.05) is 23.9 Å². The largest absolute Gasteiger partial charge is 0.508 e. The molecule has 0 fully saturated rings. The molecule has 2 amide bonds. The molecular weight excluding hydrogens is 511 g/mol. The van der Waals surface area contributed by atoms with E-state index in [4.69, 9.17) is 0 Å². The third kappa shape index (κ3) is 8.09. The highest BCUT2D eigenvalue weighted by molar-refractivity contribution is 6.00. The first kappa shape index (κ1) is 28.2. The predicted molar refractivity (Wildman–Crippen MR) is 130 cm³/mol. The van der Waals surface area contributed by atoms with E-state index in [0.29, 0.717) is 11.6 Å². The second-order valence-electron chi connectivity index (χ2n) is 8.65. The summed E-state index contributed by atoms with van der Waals surface area (Å²) in [6, 6.07) is 5.59. The van der Waals surface area contributed by atoms with Gasteiger partial charge < -0.3 is 36.6 Å². The second-order valence-corrected chi connectivity index (χ2v) is 8.65. The first-order valence-corrected chi connectivity index (χ1v) is 11.4. The van der Waals surface area contributed by atoms with E-state index in [-0.39, 0.29) is 35.5 Å². The van der Waals surface area contributed by atoms with E-state index in [0.717, 1.165) is 18.2 Å².